The van der Waals surface area contributed by atoms with Crippen LogP contribution in [0.3, 0.4) is 0 Å². The Morgan fingerprint density at radius 3 is 2.90 bits per heavy atom. The summed E-state index contributed by atoms with van der Waals surface area (Å²) in [5.74, 6) is 0. The third kappa shape index (κ3) is 2.74. The highest BCUT2D eigenvalue weighted by atomic mass is 32.1. The topological polar surface area (TPSA) is 24.9 Å². The molecule has 0 bridgehead atoms. The zero-order valence-corrected chi connectivity index (χ0v) is 12.4. The quantitative estimate of drug-likeness (QED) is 0.759. The highest BCUT2D eigenvalue weighted by Crippen LogP contribution is 2.30. The molecule has 3 aromatic rings. The zero-order chi connectivity index (χ0) is 13.8. The SMILES string of the molecule is CNC(CCc1ccccn1)c1cccc2ccsc12. The summed E-state index contributed by atoms with van der Waals surface area (Å²) in [4.78, 5) is 4.41. The monoisotopic (exact) mass is 282 g/mol. The van der Waals surface area contributed by atoms with Gasteiger partial charge in [0.25, 0.3) is 0 Å². The van der Waals surface area contributed by atoms with E-state index in [-0.39, 0.29) is 0 Å². The fourth-order valence-electron chi connectivity index (χ4n) is 2.58. The molecule has 0 spiro atoms. The summed E-state index contributed by atoms with van der Waals surface area (Å²) in [6, 6.07) is 15.2. The van der Waals surface area contributed by atoms with E-state index in [9.17, 15) is 0 Å². The number of pyridine rings is 1. The van der Waals surface area contributed by atoms with Crippen molar-refractivity contribution < 1.29 is 0 Å². The standard InChI is InChI=1S/C17H18N2S/c1-18-16(9-8-14-6-2-3-11-19-14)15-7-4-5-13-10-12-20-17(13)15/h2-7,10-12,16,18H,8-9H2,1H3. The van der Waals surface area contributed by atoms with Crippen molar-refractivity contribution in [3.8, 4) is 0 Å². The normalized spacial score (nSPS) is 12.7. The summed E-state index contributed by atoms with van der Waals surface area (Å²) >= 11 is 1.82. The predicted molar refractivity (Wildman–Crippen MR) is 86.2 cm³/mol. The van der Waals surface area contributed by atoms with Gasteiger partial charge < -0.3 is 5.32 Å². The van der Waals surface area contributed by atoms with Crippen LogP contribution in [0.1, 0.15) is 23.7 Å². The summed E-state index contributed by atoms with van der Waals surface area (Å²) in [5, 5.41) is 6.95. The lowest BCUT2D eigenvalue weighted by molar-refractivity contribution is 0.550. The molecule has 0 aliphatic heterocycles. The first-order chi connectivity index (χ1) is 9.88. The molecule has 0 fully saturated rings. The molecule has 0 saturated heterocycles. The van der Waals surface area contributed by atoms with Crippen LogP contribution < -0.4 is 5.32 Å². The van der Waals surface area contributed by atoms with Crippen LogP contribution in [0.25, 0.3) is 10.1 Å². The van der Waals surface area contributed by atoms with Crippen molar-refractivity contribution in [2.45, 2.75) is 18.9 Å². The van der Waals surface area contributed by atoms with Crippen LogP contribution in [0.4, 0.5) is 0 Å². The number of hydrogen-bond acceptors (Lipinski definition) is 3. The van der Waals surface area contributed by atoms with Gasteiger partial charge >= 0.3 is 0 Å². The van der Waals surface area contributed by atoms with E-state index >= 15 is 0 Å². The fourth-order valence-corrected chi connectivity index (χ4v) is 3.55. The Balaban J connectivity index is 1.81. The minimum absolute atomic E-state index is 0.374. The van der Waals surface area contributed by atoms with Crippen LogP contribution >= 0.6 is 11.3 Å². The van der Waals surface area contributed by atoms with Crippen molar-refractivity contribution in [1.82, 2.24) is 10.3 Å². The van der Waals surface area contributed by atoms with E-state index in [4.69, 9.17) is 0 Å². The van der Waals surface area contributed by atoms with Crippen LogP contribution in [-0.2, 0) is 6.42 Å². The third-order valence-corrected chi connectivity index (χ3v) is 4.63. The van der Waals surface area contributed by atoms with E-state index in [1.54, 1.807) is 0 Å². The van der Waals surface area contributed by atoms with Gasteiger partial charge in [0, 0.05) is 22.6 Å². The lowest BCUT2D eigenvalue weighted by Gasteiger charge is -2.17. The molecule has 3 rings (SSSR count). The molecule has 2 nitrogen and oxygen atoms in total. The van der Waals surface area contributed by atoms with Crippen LogP contribution in [-0.4, -0.2) is 12.0 Å². The summed E-state index contributed by atoms with van der Waals surface area (Å²) < 4.78 is 1.40. The van der Waals surface area contributed by atoms with Gasteiger partial charge in [-0.05, 0) is 54.4 Å². The largest absolute Gasteiger partial charge is 0.313 e. The van der Waals surface area contributed by atoms with Gasteiger partial charge in [-0.2, -0.15) is 0 Å². The first-order valence-electron chi connectivity index (χ1n) is 6.92. The Bertz CT molecular complexity index is 676. The number of nitrogens with one attached hydrogen (secondary N) is 1. The number of aromatic nitrogens is 1. The zero-order valence-electron chi connectivity index (χ0n) is 11.5. The van der Waals surface area contributed by atoms with Crippen LogP contribution in [0, 0.1) is 0 Å². The maximum Gasteiger partial charge on any atom is 0.0404 e. The van der Waals surface area contributed by atoms with Gasteiger partial charge in [0.1, 0.15) is 0 Å². The fraction of sp³-hybridized carbons (Fsp3) is 0.235. The lowest BCUT2D eigenvalue weighted by atomic mass is 10.00. The summed E-state index contributed by atoms with van der Waals surface area (Å²) in [7, 11) is 2.04. The van der Waals surface area contributed by atoms with E-state index < -0.39 is 0 Å². The van der Waals surface area contributed by atoms with Crippen LogP contribution in [0.15, 0.2) is 54.0 Å². The summed E-state index contributed by atoms with van der Waals surface area (Å²) in [5.41, 5.74) is 2.56. The first-order valence-corrected chi connectivity index (χ1v) is 7.80. The number of aryl methyl sites for hydroxylation is 1. The van der Waals surface area contributed by atoms with Crippen molar-refractivity contribution >= 4 is 21.4 Å². The first kappa shape index (κ1) is 13.3. The van der Waals surface area contributed by atoms with Crippen molar-refractivity contribution in [3.63, 3.8) is 0 Å². The Morgan fingerprint density at radius 1 is 1.15 bits per heavy atom. The number of hydrogen-bond donors (Lipinski definition) is 1. The second kappa shape index (κ2) is 6.16. The Morgan fingerprint density at radius 2 is 2.10 bits per heavy atom. The average molecular weight is 282 g/mol. The molecule has 0 saturated carbocycles. The van der Waals surface area contributed by atoms with Gasteiger partial charge in [0.05, 0.1) is 0 Å². The lowest BCUT2D eigenvalue weighted by Crippen LogP contribution is -2.17. The van der Waals surface area contributed by atoms with Crippen molar-refractivity contribution in [2.75, 3.05) is 7.05 Å². The maximum absolute atomic E-state index is 4.41. The summed E-state index contributed by atoms with van der Waals surface area (Å²) in [6.45, 7) is 0. The van der Waals surface area contributed by atoms with Crippen LogP contribution in [0.2, 0.25) is 0 Å². The van der Waals surface area contributed by atoms with Gasteiger partial charge in [-0.3, -0.25) is 4.98 Å². The minimum atomic E-state index is 0.374. The van der Waals surface area contributed by atoms with E-state index in [2.05, 4.69) is 52.1 Å². The van der Waals surface area contributed by atoms with Crippen molar-refractivity contribution in [2.24, 2.45) is 0 Å². The van der Waals surface area contributed by atoms with E-state index in [1.807, 2.05) is 30.6 Å². The molecule has 0 radical (unpaired) electrons. The van der Waals surface area contributed by atoms with Gasteiger partial charge in [-0.1, -0.05) is 24.3 Å². The number of thiophene rings is 1. The number of rotatable bonds is 5. The maximum atomic E-state index is 4.41. The van der Waals surface area contributed by atoms with Crippen molar-refractivity contribution in [3.05, 3.63) is 65.3 Å². The number of fused-ring (bicyclic) bond motifs is 1. The molecule has 102 valence electrons. The molecule has 20 heavy (non-hydrogen) atoms. The average Bonchev–Trinajstić information content (AvgIpc) is 2.98. The van der Waals surface area contributed by atoms with Gasteiger partial charge in [0.15, 0.2) is 0 Å². The predicted octanol–water partition coefficient (Wildman–Crippen LogP) is 4.19. The smallest absolute Gasteiger partial charge is 0.0404 e. The molecular formula is C17H18N2S. The molecule has 3 heteroatoms. The third-order valence-electron chi connectivity index (χ3n) is 3.65. The molecule has 2 aromatic heterocycles. The highest BCUT2D eigenvalue weighted by molar-refractivity contribution is 7.17. The molecule has 2 heterocycles. The molecule has 1 aromatic carbocycles. The van der Waals surface area contributed by atoms with E-state index in [0.717, 1.165) is 18.5 Å². The van der Waals surface area contributed by atoms with Gasteiger partial charge in [-0.15, -0.1) is 11.3 Å². The molecular weight excluding hydrogens is 264 g/mol. The highest BCUT2D eigenvalue weighted by Gasteiger charge is 2.13. The van der Waals surface area contributed by atoms with E-state index in [1.165, 1.54) is 15.6 Å². The van der Waals surface area contributed by atoms with Crippen molar-refractivity contribution in [1.29, 1.82) is 0 Å². The second-order valence-corrected chi connectivity index (χ2v) is 5.80. The Hall–Kier alpha value is -1.71. The molecule has 0 amide bonds. The molecule has 1 N–H and O–H groups in total. The van der Waals surface area contributed by atoms with Crippen LogP contribution in [0.5, 0.6) is 0 Å². The number of benzene rings is 1. The molecule has 1 unspecified atom stereocenters. The van der Waals surface area contributed by atoms with Gasteiger partial charge in [0.2, 0.25) is 0 Å². The Labute approximate surface area is 123 Å². The summed E-state index contributed by atoms with van der Waals surface area (Å²) in [6.07, 6.45) is 3.92. The molecule has 1 atom stereocenters. The second-order valence-electron chi connectivity index (χ2n) is 4.89. The minimum Gasteiger partial charge on any atom is -0.313 e. The molecule has 0 aliphatic carbocycles. The van der Waals surface area contributed by atoms with Gasteiger partial charge in [-0.25, -0.2) is 0 Å². The number of nitrogens with zero attached hydrogens (tertiary/aromatic N) is 1. The Kier molecular flexibility index (Phi) is 4.09. The molecule has 0 aliphatic rings. The van der Waals surface area contributed by atoms with E-state index in [0.29, 0.717) is 6.04 Å².